The fourth-order valence-electron chi connectivity index (χ4n) is 9.52. The van der Waals surface area contributed by atoms with Gasteiger partial charge in [-0.05, 0) is 142 Å². The number of hydrogen-bond donors (Lipinski definition) is 4. The van der Waals surface area contributed by atoms with Gasteiger partial charge >= 0.3 is 6.18 Å². The average Bonchev–Trinajstić information content (AvgIpc) is 3.74. The van der Waals surface area contributed by atoms with Crippen molar-refractivity contribution >= 4 is 41.2 Å². The molecule has 3 amide bonds. The van der Waals surface area contributed by atoms with Gasteiger partial charge in [-0.2, -0.15) is 13.2 Å². The molecule has 1 saturated carbocycles. The van der Waals surface area contributed by atoms with Gasteiger partial charge in [-0.3, -0.25) is 19.4 Å². The van der Waals surface area contributed by atoms with Crippen LogP contribution in [-0.2, 0) is 25.4 Å². The van der Waals surface area contributed by atoms with E-state index in [1.165, 1.54) is 95.0 Å². The van der Waals surface area contributed by atoms with Crippen molar-refractivity contribution < 1.29 is 32.3 Å². The van der Waals surface area contributed by atoms with E-state index in [0.29, 0.717) is 43.4 Å². The first-order chi connectivity index (χ1) is 34.7. The Morgan fingerprint density at radius 2 is 1.46 bits per heavy atom. The third kappa shape index (κ3) is 23.4. The molecule has 72 heavy (non-hydrogen) atoms. The van der Waals surface area contributed by atoms with E-state index in [0.717, 1.165) is 89.4 Å². The molecule has 5 rings (SSSR count). The van der Waals surface area contributed by atoms with Crippen molar-refractivity contribution in [2.45, 2.75) is 191 Å². The highest BCUT2D eigenvalue weighted by atomic mass is 19.4. The smallest absolute Gasteiger partial charge is 0.359 e. The van der Waals surface area contributed by atoms with Crippen molar-refractivity contribution in [2.75, 3.05) is 59.7 Å². The molecule has 0 radical (unpaired) electrons. The molecule has 2 atom stereocenters. The Hall–Kier alpha value is -4.74. The highest BCUT2D eigenvalue weighted by molar-refractivity contribution is 5.93. The Morgan fingerprint density at radius 1 is 0.833 bits per heavy atom. The Balaban J connectivity index is 0.000000307. The lowest BCUT2D eigenvalue weighted by molar-refractivity contribution is -0.137. The fourth-order valence-corrected chi connectivity index (χ4v) is 9.52. The van der Waals surface area contributed by atoms with Crippen LogP contribution in [0.3, 0.4) is 0 Å². The monoisotopic (exact) mass is 1010 g/mol. The van der Waals surface area contributed by atoms with Crippen molar-refractivity contribution in [3.8, 4) is 0 Å². The van der Waals surface area contributed by atoms with Gasteiger partial charge in [-0.15, -0.1) is 0 Å². The number of nitrogens with zero attached hydrogens (tertiary/aromatic N) is 6. The highest BCUT2D eigenvalue weighted by Gasteiger charge is 2.39. The molecule has 1 aromatic carbocycles. The maximum Gasteiger partial charge on any atom is 0.416 e. The number of halogens is 3. The van der Waals surface area contributed by atoms with Crippen LogP contribution in [0.1, 0.15) is 172 Å². The molecule has 14 nitrogen and oxygen atoms in total. The summed E-state index contributed by atoms with van der Waals surface area (Å²) in [6.07, 6.45) is 26.7. The standard InChI is InChI=1S/C23H30F3N5O.C21H43N3O2.C11H16N2O/c1-14(2)30(3)16-5-7-17(8-6-16)31-11-10-20(22(31)32)29-21-18-12-15(23(24,25)26)4-9-19(18)27-13-28-21;1-22-21(26)16-12-8-4-7-10-14-18-23-17-13-9-5-2-3-6-11-15-19-24-20-25;1-13(2)11(6-4-8-14)10-5-3-7-12-9-10/h4,9,12-14,16-17,20H,5-8,10-11H2,1-3H3,(H,27,28,29);20,23H,2-19H2,1H3,(H,22,26)(H,24,25);3,5,7-9,11H,4,6H2,1-2H3. The van der Waals surface area contributed by atoms with Crippen molar-refractivity contribution in [1.29, 1.82) is 0 Å². The third-order valence-electron chi connectivity index (χ3n) is 14.1. The minimum absolute atomic E-state index is 0.00408. The summed E-state index contributed by atoms with van der Waals surface area (Å²) < 4.78 is 39.5. The van der Waals surface area contributed by atoms with E-state index >= 15 is 0 Å². The molecule has 3 heterocycles. The second-order valence-electron chi connectivity index (χ2n) is 19.9. The largest absolute Gasteiger partial charge is 0.416 e. The van der Waals surface area contributed by atoms with Gasteiger partial charge in [0.25, 0.3) is 0 Å². The fraction of sp³-hybridized carbons (Fsp3) is 0.691. The molecule has 2 fully saturated rings. The first-order valence-corrected chi connectivity index (χ1v) is 26.9. The number of unbranched alkanes of at least 4 members (excludes halogenated alkanes) is 12. The topological polar surface area (TPSA) is 165 Å². The number of carbonyl (C=O) groups excluding carboxylic acids is 4. The summed E-state index contributed by atoms with van der Waals surface area (Å²) >= 11 is 0. The Morgan fingerprint density at radius 3 is 2.01 bits per heavy atom. The Kier molecular flexibility index (Phi) is 30.3. The number of carbonyl (C=O) groups is 4. The zero-order valence-electron chi connectivity index (χ0n) is 44.5. The quantitative estimate of drug-likeness (QED) is 0.0358. The van der Waals surface area contributed by atoms with Crippen molar-refractivity contribution in [1.82, 2.24) is 45.6 Å². The van der Waals surface area contributed by atoms with Crippen molar-refractivity contribution in [3.05, 3.63) is 60.2 Å². The minimum Gasteiger partial charge on any atom is -0.359 e. The lowest BCUT2D eigenvalue weighted by Gasteiger charge is -2.39. The zero-order valence-corrected chi connectivity index (χ0v) is 44.5. The normalized spacial score (nSPS) is 17.3. The highest BCUT2D eigenvalue weighted by Crippen LogP contribution is 2.34. The van der Waals surface area contributed by atoms with Gasteiger partial charge in [0.1, 0.15) is 24.5 Å². The number of aldehydes is 1. The number of alkyl halides is 3. The number of nitrogens with one attached hydrogen (secondary N) is 4. The number of benzene rings is 1. The summed E-state index contributed by atoms with van der Waals surface area (Å²) in [6.45, 7) is 8.17. The van der Waals surface area contributed by atoms with Gasteiger partial charge in [-0.1, -0.05) is 70.3 Å². The van der Waals surface area contributed by atoms with Gasteiger partial charge in [-0.25, -0.2) is 9.97 Å². The van der Waals surface area contributed by atoms with Gasteiger partial charge < -0.3 is 40.8 Å². The van der Waals surface area contributed by atoms with Crippen LogP contribution in [0, 0.1) is 0 Å². The van der Waals surface area contributed by atoms with E-state index < -0.39 is 17.8 Å². The van der Waals surface area contributed by atoms with E-state index in [4.69, 9.17) is 0 Å². The number of pyridine rings is 1. The van der Waals surface area contributed by atoms with E-state index in [9.17, 15) is 32.3 Å². The van der Waals surface area contributed by atoms with Crippen LogP contribution in [0.25, 0.3) is 10.9 Å². The van der Waals surface area contributed by atoms with Crippen molar-refractivity contribution in [2.24, 2.45) is 0 Å². The second kappa shape index (κ2) is 35.4. The van der Waals surface area contributed by atoms with Gasteiger partial charge in [0.15, 0.2) is 0 Å². The number of fused-ring (bicyclic) bond motifs is 1. The lowest BCUT2D eigenvalue weighted by atomic mass is 9.89. The molecule has 4 N–H and O–H groups in total. The summed E-state index contributed by atoms with van der Waals surface area (Å²) in [5.41, 5.74) is 0.815. The number of likely N-dealkylation sites (tertiary alicyclic amines) is 1. The molecule has 1 aliphatic carbocycles. The summed E-state index contributed by atoms with van der Waals surface area (Å²) in [5.74, 6) is 0.436. The van der Waals surface area contributed by atoms with Crippen LogP contribution in [0.4, 0.5) is 19.0 Å². The molecule has 404 valence electrons. The SMILES string of the molecule is CC(C)N(C)C1CCC(N2CCC(Nc3ncnc4ccc(C(F)(F)F)cc34)C2=O)CC1.CN(C)C(CCC=O)c1cccnc1.CNC(=O)CCCCCCCCNCCCCCCCCCCNC=O. The molecule has 2 aliphatic rings. The summed E-state index contributed by atoms with van der Waals surface area (Å²) in [6, 6.07) is 8.43. The third-order valence-corrected chi connectivity index (χ3v) is 14.1. The summed E-state index contributed by atoms with van der Waals surface area (Å²) in [4.78, 5) is 63.4. The summed E-state index contributed by atoms with van der Waals surface area (Å²) in [7, 11) is 7.90. The number of anilines is 1. The van der Waals surface area contributed by atoms with Crippen LogP contribution >= 0.6 is 0 Å². The number of hydrogen-bond acceptors (Lipinski definition) is 11. The summed E-state index contributed by atoms with van der Waals surface area (Å²) in [5, 5.41) is 12.3. The van der Waals surface area contributed by atoms with Gasteiger partial charge in [0, 0.05) is 74.9 Å². The number of rotatable bonds is 31. The molecule has 3 aromatic rings. The van der Waals surface area contributed by atoms with E-state index in [1.54, 1.807) is 13.2 Å². The molecular weight excluding hydrogens is 922 g/mol. The Labute approximate surface area is 429 Å². The lowest BCUT2D eigenvalue weighted by Crippen LogP contribution is -2.46. The average molecular weight is 1010 g/mol. The maximum atomic E-state index is 13.2. The van der Waals surface area contributed by atoms with E-state index in [2.05, 4.69) is 66.9 Å². The predicted molar refractivity (Wildman–Crippen MR) is 283 cm³/mol. The number of amides is 3. The zero-order chi connectivity index (χ0) is 52.6. The molecule has 0 bridgehead atoms. The molecular formula is C55H89F3N10O4. The molecule has 1 aliphatic heterocycles. The minimum atomic E-state index is -4.45. The maximum absolute atomic E-state index is 13.2. The molecule has 0 spiro atoms. The van der Waals surface area contributed by atoms with Gasteiger partial charge in [0.05, 0.1) is 11.1 Å². The van der Waals surface area contributed by atoms with E-state index in [1.807, 2.05) is 37.3 Å². The van der Waals surface area contributed by atoms with Crippen LogP contribution in [-0.4, -0.2) is 133 Å². The van der Waals surface area contributed by atoms with Gasteiger partial charge in [0.2, 0.25) is 18.2 Å². The first kappa shape index (κ1) is 61.6. The van der Waals surface area contributed by atoms with Crippen LogP contribution in [0.2, 0.25) is 0 Å². The molecule has 17 heteroatoms. The van der Waals surface area contributed by atoms with Crippen LogP contribution in [0.5, 0.6) is 0 Å². The molecule has 2 unspecified atom stereocenters. The molecule has 2 aromatic heterocycles. The first-order valence-electron chi connectivity index (χ1n) is 26.9. The Bertz CT molecular complexity index is 1950. The molecule has 1 saturated heterocycles. The van der Waals surface area contributed by atoms with Crippen LogP contribution in [0.15, 0.2) is 49.1 Å². The van der Waals surface area contributed by atoms with E-state index in [-0.39, 0.29) is 35.1 Å². The van der Waals surface area contributed by atoms with Crippen LogP contribution < -0.4 is 21.3 Å². The number of aromatic nitrogens is 3. The van der Waals surface area contributed by atoms with Crippen molar-refractivity contribution in [3.63, 3.8) is 0 Å². The second-order valence-corrected chi connectivity index (χ2v) is 19.9. The predicted octanol–water partition coefficient (Wildman–Crippen LogP) is 9.90.